The van der Waals surface area contributed by atoms with Gasteiger partial charge in [0.15, 0.2) is 0 Å². The van der Waals surface area contributed by atoms with Gasteiger partial charge in [0.25, 0.3) is 0 Å². The van der Waals surface area contributed by atoms with E-state index in [9.17, 15) is 9.59 Å². The summed E-state index contributed by atoms with van der Waals surface area (Å²) >= 11 is 0. The highest BCUT2D eigenvalue weighted by Crippen LogP contribution is 2.44. The Morgan fingerprint density at radius 1 is 1.21 bits per heavy atom. The van der Waals surface area contributed by atoms with E-state index in [1.807, 2.05) is 58.4 Å². The van der Waals surface area contributed by atoms with E-state index in [1.165, 1.54) is 0 Å². The van der Waals surface area contributed by atoms with Crippen molar-refractivity contribution in [1.82, 2.24) is 19.9 Å². The van der Waals surface area contributed by atoms with Crippen LogP contribution in [0, 0.1) is 5.92 Å². The highest BCUT2D eigenvalue weighted by Gasteiger charge is 2.42. The number of hydrogen-bond acceptors (Lipinski definition) is 5. The molecule has 8 nitrogen and oxygen atoms in total. The molecule has 2 amide bonds. The fourth-order valence-corrected chi connectivity index (χ4v) is 5.26. The number of amides is 2. The number of nitrogens with zero attached hydrogens (tertiary/aromatic N) is 4. The Morgan fingerprint density at radius 3 is 2.71 bits per heavy atom. The summed E-state index contributed by atoms with van der Waals surface area (Å²) < 4.78 is 8.60. The van der Waals surface area contributed by atoms with Crippen LogP contribution in [-0.4, -0.2) is 46.0 Å². The van der Waals surface area contributed by atoms with Crippen LogP contribution in [0.25, 0.3) is 22.3 Å². The van der Waals surface area contributed by atoms with Crippen LogP contribution in [0.4, 0.5) is 5.69 Å². The molecule has 8 heteroatoms. The molecule has 4 heterocycles. The summed E-state index contributed by atoms with van der Waals surface area (Å²) in [6, 6.07) is 8.51. The topological polar surface area (TPSA) is 89.3 Å². The van der Waals surface area contributed by atoms with Gasteiger partial charge in [-0.2, -0.15) is 0 Å². The maximum absolute atomic E-state index is 12.8. The zero-order valence-electron chi connectivity index (χ0n) is 20.0. The number of hydrogen-bond donors (Lipinski definition) is 1. The fourth-order valence-electron chi connectivity index (χ4n) is 5.26. The van der Waals surface area contributed by atoms with Gasteiger partial charge in [-0.15, -0.1) is 0 Å². The lowest BCUT2D eigenvalue weighted by molar-refractivity contribution is -0.122. The lowest BCUT2D eigenvalue weighted by Gasteiger charge is -2.20. The molecule has 1 N–H and O–H groups in total. The van der Waals surface area contributed by atoms with Gasteiger partial charge in [0, 0.05) is 43.2 Å². The lowest BCUT2D eigenvalue weighted by Crippen LogP contribution is -2.33. The number of ether oxygens (including phenoxy) is 1. The minimum Gasteiger partial charge on any atom is -0.473 e. The molecule has 0 radical (unpaired) electrons. The number of pyridine rings is 1. The van der Waals surface area contributed by atoms with E-state index in [0.29, 0.717) is 24.9 Å². The SMILES string of the molecule is C[C@@H](Oc1nc(-c2ccc3c(c2)N(C)C(=O)C3(C)C)cc2ncn(C3CC3)c12)[C@H]1CNC(=O)C1. The molecule has 6 rings (SSSR count). The maximum atomic E-state index is 12.8. The first-order valence-electron chi connectivity index (χ1n) is 12.0. The summed E-state index contributed by atoms with van der Waals surface area (Å²) in [6.07, 6.45) is 4.43. The van der Waals surface area contributed by atoms with Crippen LogP contribution >= 0.6 is 0 Å². The number of fused-ring (bicyclic) bond motifs is 2. The molecule has 1 saturated heterocycles. The number of rotatable bonds is 5. The summed E-state index contributed by atoms with van der Waals surface area (Å²) in [7, 11) is 1.82. The maximum Gasteiger partial charge on any atom is 0.241 e. The van der Waals surface area contributed by atoms with Crippen molar-refractivity contribution >= 4 is 28.5 Å². The van der Waals surface area contributed by atoms with Gasteiger partial charge in [0.05, 0.1) is 23.0 Å². The van der Waals surface area contributed by atoms with Crippen LogP contribution in [0.15, 0.2) is 30.6 Å². The summed E-state index contributed by atoms with van der Waals surface area (Å²) in [5, 5.41) is 2.89. The van der Waals surface area contributed by atoms with Gasteiger partial charge < -0.3 is 19.5 Å². The monoisotopic (exact) mass is 459 g/mol. The summed E-state index contributed by atoms with van der Waals surface area (Å²) in [5.74, 6) is 0.806. The predicted molar refractivity (Wildman–Crippen MR) is 129 cm³/mol. The third-order valence-corrected chi connectivity index (χ3v) is 7.60. The standard InChI is InChI=1S/C26H29N5O3/c1-14(16-10-22(32)27-12-16)34-24-23-20(28-13-31(23)17-6-7-17)11-19(29-24)15-5-8-18-21(9-15)30(4)25(33)26(18,2)3/h5,8-9,11,13-14,16-17H,6-7,10,12H2,1-4H3,(H,27,32)/t14-,16-/m1/s1. The van der Waals surface area contributed by atoms with E-state index >= 15 is 0 Å². The van der Waals surface area contributed by atoms with Crippen LogP contribution in [0.3, 0.4) is 0 Å². The number of benzene rings is 1. The van der Waals surface area contributed by atoms with E-state index in [1.54, 1.807) is 4.90 Å². The first kappa shape index (κ1) is 21.1. The molecule has 1 aromatic carbocycles. The molecule has 0 spiro atoms. The van der Waals surface area contributed by atoms with Crippen LogP contribution in [0.5, 0.6) is 5.88 Å². The number of imidazole rings is 1. The second kappa shape index (κ2) is 7.29. The van der Waals surface area contributed by atoms with E-state index in [0.717, 1.165) is 46.4 Å². The normalized spacial score (nSPS) is 22.2. The molecule has 34 heavy (non-hydrogen) atoms. The van der Waals surface area contributed by atoms with Crippen molar-refractivity contribution in [3.05, 3.63) is 36.2 Å². The van der Waals surface area contributed by atoms with E-state index < -0.39 is 5.41 Å². The lowest BCUT2D eigenvalue weighted by atomic mass is 9.85. The van der Waals surface area contributed by atoms with Gasteiger partial charge in [-0.1, -0.05) is 12.1 Å². The van der Waals surface area contributed by atoms with E-state index in [-0.39, 0.29) is 23.8 Å². The molecule has 2 fully saturated rings. The Kier molecular flexibility index (Phi) is 4.53. The average Bonchev–Trinajstić information content (AvgIpc) is 3.37. The van der Waals surface area contributed by atoms with Crippen molar-refractivity contribution in [3.8, 4) is 17.1 Å². The molecule has 0 unspecified atom stereocenters. The highest BCUT2D eigenvalue weighted by atomic mass is 16.5. The third-order valence-electron chi connectivity index (χ3n) is 7.60. The fraction of sp³-hybridized carbons (Fsp3) is 0.462. The van der Waals surface area contributed by atoms with Crippen molar-refractivity contribution < 1.29 is 14.3 Å². The summed E-state index contributed by atoms with van der Waals surface area (Å²) in [6.45, 7) is 6.54. The molecule has 0 bridgehead atoms. The van der Waals surface area contributed by atoms with Crippen LogP contribution in [0.2, 0.25) is 0 Å². The molecular formula is C26H29N5O3. The summed E-state index contributed by atoms with van der Waals surface area (Å²) in [4.78, 5) is 35.8. The van der Waals surface area contributed by atoms with Gasteiger partial charge in [0.2, 0.25) is 17.7 Å². The minimum atomic E-state index is -0.542. The number of likely N-dealkylation sites (N-methyl/N-ethyl adjacent to an activating group) is 1. The number of carbonyl (C=O) groups is 2. The van der Waals surface area contributed by atoms with Gasteiger partial charge in [-0.3, -0.25) is 9.59 Å². The number of aromatic nitrogens is 3. The third kappa shape index (κ3) is 3.19. The minimum absolute atomic E-state index is 0.0649. The zero-order chi connectivity index (χ0) is 23.8. The predicted octanol–water partition coefficient (Wildman–Crippen LogP) is 3.59. The Balaban J connectivity index is 1.43. The second-order valence-electron chi connectivity index (χ2n) is 10.4. The molecule has 1 saturated carbocycles. The zero-order valence-corrected chi connectivity index (χ0v) is 20.0. The van der Waals surface area contributed by atoms with Crippen molar-refractivity contribution in [2.24, 2.45) is 5.92 Å². The van der Waals surface area contributed by atoms with Crippen LogP contribution in [0.1, 0.15) is 51.6 Å². The Morgan fingerprint density at radius 2 is 2.00 bits per heavy atom. The number of nitrogens with one attached hydrogen (secondary N) is 1. The first-order valence-corrected chi connectivity index (χ1v) is 12.0. The second-order valence-corrected chi connectivity index (χ2v) is 10.4. The highest BCUT2D eigenvalue weighted by molar-refractivity contribution is 6.07. The van der Waals surface area contributed by atoms with Crippen molar-refractivity contribution in [3.63, 3.8) is 0 Å². The Bertz CT molecular complexity index is 1340. The Labute approximate surface area is 198 Å². The van der Waals surface area contributed by atoms with Gasteiger partial charge in [0.1, 0.15) is 11.6 Å². The van der Waals surface area contributed by atoms with Gasteiger partial charge in [-0.25, -0.2) is 9.97 Å². The summed E-state index contributed by atoms with van der Waals surface area (Å²) in [5.41, 5.74) is 4.80. The number of anilines is 1. The van der Waals surface area contributed by atoms with E-state index in [4.69, 9.17) is 9.72 Å². The quantitative estimate of drug-likeness (QED) is 0.630. The van der Waals surface area contributed by atoms with Crippen LogP contribution < -0.4 is 15.0 Å². The largest absolute Gasteiger partial charge is 0.473 e. The van der Waals surface area contributed by atoms with Crippen LogP contribution in [-0.2, 0) is 15.0 Å². The number of carbonyl (C=O) groups excluding carboxylic acids is 2. The average molecular weight is 460 g/mol. The molecule has 2 aromatic heterocycles. The Hall–Kier alpha value is -3.42. The van der Waals surface area contributed by atoms with Crippen molar-refractivity contribution in [2.45, 2.75) is 57.6 Å². The van der Waals surface area contributed by atoms with E-state index in [2.05, 4.69) is 14.9 Å². The van der Waals surface area contributed by atoms with Gasteiger partial charge in [-0.05, 0) is 51.3 Å². The molecule has 3 aliphatic rings. The molecular weight excluding hydrogens is 430 g/mol. The molecule has 176 valence electrons. The van der Waals surface area contributed by atoms with Gasteiger partial charge >= 0.3 is 0 Å². The van der Waals surface area contributed by atoms with Crippen molar-refractivity contribution in [1.29, 1.82) is 0 Å². The molecule has 1 aliphatic carbocycles. The first-order chi connectivity index (χ1) is 16.2. The molecule has 3 aromatic rings. The molecule has 2 aliphatic heterocycles. The smallest absolute Gasteiger partial charge is 0.241 e. The van der Waals surface area contributed by atoms with Crippen molar-refractivity contribution in [2.75, 3.05) is 18.5 Å². The molecule has 2 atom stereocenters.